The summed E-state index contributed by atoms with van der Waals surface area (Å²) in [6.45, 7) is 2.15. The van der Waals surface area contributed by atoms with Gasteiger partial charge in [-0.25, -0.2) is 4.98 Å². The molecule has 0 aliphatic rings. The molecule has 0 saturated carbocycles. The fourth-order valence-electron chi connectivity index (χ4n) is 2.94. The molecule has 4 heterocycles. The molecule has 0 unspecified atom stereocenters. The fraction of sp³-hybridized carbons (Fsp3) is 0.0952. The molecule has 0 radical (unpaired) electrons. The minimum Gasteiger partial charge on any atom is -0.443 e. The number of aromatic nitrogens is 4. The van der Waals surface area contributed by atoms with E-state index in [1.807, 2.05) is 24.4 Å². The van der Waals surface area contributed by atoms with E-state index in [2.05, 4.69) is 25.4 Å². The lowest BCUT2D eigenvalue weighted by atomic mass is 10.1. The van der Waals surface area contributed by atoms with Gasteiger partial charge in [0.05, 0.1) is 34.4 Å². The second-order valence-corrected chi connectivity index (χ2v) is 7.54. The zero-order valence-corrected chi connectivity index (χ0v) is 16.6. The van der Waals surface area contributed by atoms with Gasteiger partial charge in [-0.1, -0.05) is 11.2 Å². The van der Waals surface area contributed by atoms with Gasteiger partial charge in [-0.3, -0.25) is 14.8 Å². The van der Waals surface area contributed by atoms with Crippen molar-refractivity contribution in [2.75, 3.05) is 0 Å². The van der Waals surface area contributed by atoms with Crippen LogP contribution in [-0.2, 0) is 6.54 Å². The highest BCUT2D eigenvalue weighted by molar-refractivity contribution is 7.13. The Morgan fingerprint density at radius 1 is 1.20 bits per heavy atom. The third-order valence-corrected chi connectivity index (χ3v) is 5.33. The van der Waals surface area contributed by atoms with E-state index in [4.69, 9.17) is 8.94 Å². The molecule has 1 amide bonds. The van der Waals surface area contributed by atoms with Crippen molar-refractivity contribution in [1.82, 2.24) is 25.4 Å². The second kappa shape index (κ2) is 7.53. The van der Waals surface area contributed by atoms with Crippen molar-refractivity contribution in [2.45, 2.75) is 13.5 Å². The Labute approximate surface area is 174 Å². The van der Waals surface area contributed by atoms with E-state index in [1.54, 1.807) is 30.6 Å². The molecule has 5 aromatic rings. The van der Waals surface area contributed by atoms with Gasteiger partial charge < -0.3 is 14.3 Å². The SMILES string of the molecule is Cc1cnc(CNC(=O)c2ccc3onc(-c4coc(-c5cccs5)n4)c3c2)cn1. The Morgan fingerprint density at radius 2 is 2.13 bits per heavy atom. The maximum absolute atomic E-state index is 12.6. The van der Waals surface area contributed by atoms with Gasteiger partial charge in [0.15, 0.2) is 5.58 Å². The number of thiophene rings is 1. The van der Waals surface area contributed by atoms with Crippen molar-refractivity contribution < 1.29 is 13.7 Å². The first-order valence-corrected chi connectivity index (χ1v) is 10.0. The summed E-state index contributed by atoms with van der Waals surface area (Å²) in [7, 11) is 0. The predicted octanol–water partition coefficient (Wildman–Crippen LogP) is 4.24. The van der Waals surface area contributed by atoms with Crippen LogP contribution in [0.1, 0.15) is 21.7 Å². The van der Waals surface area contributed by atoms with Crippen molar-refractivity contribution in [3.05, 3.63) is 71.3 Å². The molecular formula is C21H15N5O3S. The number of carbonyl (C=O) groups is 1. The fourth-order valence-corrected chi connectivity index (χ4v) is 3.60. The molecule has 1 aromatic carbocycles. The van der Waals surface area contributed by atoms with Gasteiger partial charge in [0, 0.05) is 11.8 Å². The third-order valence-electron chi connectivity index (χ3n) is 4.48. The summed E-state index contributed by atoms with van der Waals surface area (Å²) in [6, 6.07) is 9.00. The number of nitrogens with one attached hydrogen (secondary N) is 1. The van der Waals surface area contributed by atoms with E-state index >= 15 is 0 Å². The van der Waals surface area contributed by atoms with Crippen molar-refractivity contribution in [2.24, 2.45) is 0 Å². The quantitative estimate of drug-likeness (QED) is 0.456. The number of aryl methyl sites for hydroxylation is 1. The van der Waals surface area contributed by atoms with Crippen LogP contribution in [0.2, 0.25) is 0 Å². The summed E-state index contributed by atoms with van der Waals surface area (Å²) in [5.74, 6) is 0.287. The van der Waals surface area contributed by atoms with Crippen LogP contribution >= 0.6 is 11.3 Å². The smallest absolute Gasteiger partial charge is 0.251 e. The standard InChI is InChI=1S/C21H15N5O3S/c1-12-8-23-14(9-22-12)10-24-20(27)13-4-5-17-15(7-13)19(26-29-17)16-11-28-21(25-16)18-3-2-6-30-18/h2-9,11H,10H2,1H3,(H,24,27). The molecule has 0 saturated heterocycles. The first-order valence-electron chi connectivity index (χ1n) is 9.12. The van der Waals surface area contributed by atoms with Crippen molar-refractivity contribution in [3.8, 4) is 22.2 Å². The molecule has 5 rings (SSSR count). The molecule has 0 bridgehead atoms. The lowest BCUT2D eigenvalue weighted by Crippen LogP contribution is -2.23. The second-order valence-electron chi connectivity index (χ2n) is 6.59. The molecule has 8 nitrogen and oxygen atoms in total. The van der Waals surface area contributed by atoms with Crippen LogP contribution in [0.25, 0.3) is 33.1 Å². The summed E-state index contributed by atoms with van der Waals surface area (Å²) in [4.78, 5) is 26.5. The number of rotatable bonds is 5. The summed E-state index contributed by atoms with van der Waals surface area (Å²) < 4.78 is 11.0. The van der Waals surface area contributed by atoms with E-state index in [9.17, 15) is 4.79 Å². The Balaban J connectivity index is 1.40. The van der Waals surface area contributed by atoms with E-state index in [1.165, 1.54) is 17.6 Å². The first kappa shape index (κ1) is 18.2. The molecule has 0 atom stereocenters. The Kier molecular flexibility index (Phi) is 4.56. The lowest BCUT2D eigenvalue weighted by Gasteiger charge is -2.05. The number of hydrogen-bond acceptors (Lipinski definition) is 8. The van der Waals surface area contributed by atoms with Gasteiger partial charge >= 0.3 is 0 Å². The predicted molar refractivity (Wildman–Crippen MR) is 111 cm³/mol. The normalized spacial score (nSPS) is 11.1. The molecular weight excluding hydrogens is 402 g/mol. The molecule has 30 heavy (non-hydrogen) atoms. The zero-order valence-electron chi connectivity index (χ0n) is 15.8. The molecule has 148 valence electrons. The minimum absolute atomic E-state index is 0.231. The monoisotopic (exact) mass is 417 g/mol. The van der Waals surface area contributed by atoms with Crippen LogP contribution < -0.4 is 5.32 Å². The van der Waals surface area contributed by atoms with Crippen molar-refractivity contribution in [3.63, 3.8) is 0 Å². The highest BCUT2D eigenvalue weighted by Crippen LogP contribution is 2.31. The molecule has 0 aliphatic carbocycles. The number of benzene rings is 1. The number of nitrogens with zero attached hydrogens (tertiary/aromatic N) is 4. The number of amides is 1. The third kappa shape index (κ3) is 3.46. The maximum Gasteiger partial charge on any atom is 0.251 e. The van der Waals surface area contributed by atoms with Gasteiger partial charge in [-0.2, -0.15) is 0 Å². The van der Waals surface area contributed by atoms with E-state index in [0.717, 1.165) is 10.6 Å². The summed E-state index contributed by atoms with van der Waals surface area (Å²) in [5.41, 5.74) is 3.62. The number of hydrogen-bond donors (Lipinski definition) is 1. The van der Waals surface area contributed by atoms with Crippen molar-refractivity contribution in [1.29, 1.82) is 0 Å². The van der Waals surface area contributed by atoms with Gasteiger partial charge in [-0.05, 0) is 36.6 Å². The first-order chi connectivity index (χ1) is 14.7. The Hall–Kier alpha value is -3.85. The number of oxazole rings is 1. The van der Waals surface area contributed by atoms with Gasteiger partial charge in [0.25, 0.3) is 5.91 Å². The summed E-state index contributed by atoms with van der Waals surface area (Å²) in [6.07, 6.45) is 4.85. The summed E-state index contributed by atoms with van der Waals surface area (Å²) >= 11 is 1.54. The lowest BCUT2D eigenvalue weighted by molar-refractivity contribution is 0.0950. The average molecular weight is 417 g/mol. The molecule has 9 heteroatoms. The molecule has 0 aliphatic heterocycles. The van der Waals surface area contributed by atoms with Crippen LogP contribution in [0.3, 0.4) is 0 Å². The minimum atomic E-state index is -0.231. The van der Waals surface area contributed by atoms with Gasteiger partial charge in [-0.15, -0.1) is 11.3 Å². The van der Waals surface area contributed by atoms with Crippen LogP contribution in [0.5, 0.6) is 0 Å². The largest absolute Gasteiger partial charge is 0.443 e. The van der Waals surface area contributed by atoms with E-state index in [0.29, 0.717) is 39.5 Å². The van der Waals surface area contributed by atoms with Crippen LogP contribution in [0.15, 0.2) is 63.3 Å². The highest BCUT2D eigenvalue weighted by Gasteiger charge is 2.18. The molecule has 4 aromatic heterocycles. The maximum atomic E-state index is 12.6. The van der Waals surface area contributed by atoms with Gasteiger partial charge in [0.1, 0.15) is 17.7 Å². The van der Waals surface area contributed by atoms with E-state index in [-0.39, 0.29) is 12.5 Å². The van der Waals surface area contributed by atoms with Crippen LogP contribution in [0, 0.1) is 6.92 Å². The molecule has 0 fully saturated rings. The topological polar surface area (TPSA) is 107 Å². The van der Waals surface area contributed by atoms with Crippen LogP contribution in [-0.4, -0.2) is 26.0 Å². The molecule has 1 N–H and O–H groups in total. The highest BCUT2D eigenvalue weighted by atomic mass is 32.1. The number of fused-ring (bicyclic) bond motifs is 1. The zero-order chi connectivity index (χ0) is 20.5. The molecule has 0 spiro atoms. The van der Waals surface area contributed by atoms with Crippen LogP contribution in [0.4, 0.5) is 0 Å². The van der Waals surface area contributed by atoms with Gasteiger partial charge in [0.2, 0.25) is 5.89 Å². The average Bonchev–Trinajstić information content (AvgIpc) is 3.52. The Morgan fingerprint density at radius 3 is 2.93 bits per heavy atom. The number of carbonyl (C=O) groups excluding carboxylic acids is 1. The van der Waals surface area contributed by atoms with Crippen molar-refractivity contribution >= 4 is 28.2 Å². The summed E-state index contributed by atoms with van der Waals surface area (Å²) in [5, 5.41) is 9.61. The Bertz CT molecular complexity index is 1320. The van der Waals surface area contributed by atoms with E-state index < -0.39 is 0 Å².